The minimum atomic E-state index is -0.0425. The number of para-hydroxylation sites is 1. The lowest BCUT2D eigenvalue weighted by Gasteiger charge is -2.35. The van der Waals surface area contributed by atoms with Crippen LogP contribution in [-0.2, 0) is 6.42 Å². The third kappa shape index (κ3) is 4.22. The van der Waals surface area contributed by atoms with Gasteiger partial charge in [0.15, 0.2) is 5.82 Å². The molecular weight excluding hydrogens is 328 g/mol. The van der Waals surface area contributed by atoms with Crippen LogP contribution in [0, 0.1) is 0 Å². The van der Waals surface area contributed by atoms with E-state index in [0.29, 0.717) is 13.1 Å². The van der Waals surface area contributed by atoms with Crippen LogP contribution in [0.25, 0.3) is 0 Å². The highest BCUT2D eigenvalue weighted by Crippen LogP contribution is 2.18. The van der Waals surface area contributed by atoms with E-state index in [2.05, 4.69) is 32.7 Å². The van der Waals surface area contributed by atoms with E-state index in [1.54, 1.807) is 0 Å². The number of nitrogens with zero attached hydrogens (tertiary/aromatic N) is 4. The van der Waals surface area contributed by atoms with Gasteiger partial charge in [0.25, 0.3) is 0 Å². The second kappa shape index (κ2) is 8.51. The Bertz CT molecular complexity index is 725. The first-order valence-electron chi connectivity index (χ1n) is 9.17. The minimum Gasteiger partial charge on any atom is -0.369 e. The van der Waals surface area contributed by atoms with Crippen LogP contribution in [0.2, 0.25) is 0 Å². The summed E-state index contributed by atoms with van der Waals surface area (Å²) in [4.78, 5) is 16.6. The monoisotopic (exact) mass is 354 g/mol. The number of anilines is 3. The molecule has 138 valence electrons. The number of hydrogen-bond donors (Lipinski definition) is 2. The van der Waals surface area contributed by atoms with E-state index in [0.717, 1.165) is 48.9 Å². The maximum Gasteiger partial charge on any atom is 0.321 e. The number of aryl methyl sites for hydroxylation is 1. The fourth-order valence-corrected chi connectivity index (χ4v) is 3.05. The number of hydrogen-bond acceptors (Lipinski definition) is 5. The number of piperazine rings is 1. The predicted molar refractivity (Wildman–Crippen MR) is 105 cm³/mol. The summed E-state index contributed by atoms with van der Waals surface area (Å²) in [5.74, 6) is 1.63. The van der Waals surface area contributed by atoms with Crippen molar-refractivity contribution in [3.05, 3.63) is 42.0 Å². The molecule has 2 aromatic rings. The van der Waals surface area contributed by atoms with Crippen LogP contribution >= 0.6 is 0 Å². The number of aromatic nitrogens is 2. The van der Waals surface area contributed by atoms with Gasteiger partial charge in [-0.1, -0.05) is 25.1 Å². The Labute approximate surface area is 154 Å². The van der Waals surface area contributed by atoms with Crippen molar-refractivity contribution in [2.24, 2.45) is 0 Å². The Kier molecular flexibility index (Phi) is 5.88. The van der Waals surface area contributed by atoms with E-state index in [1.165, 1.54) is 0 Å². The maximum absolute atomic E-state index is 12.6. The molecule has 7 nitrogen and oxygen atoms in total. The van der Waals surface area contributed by atoms with Crippen LogP contribution in [0.1, 0.15) is 19.4 Å². The van der Waals surface area contributed by atoms with Gasteiger partial charge in [-0.2, -0.15) is 0 Å². The zero-order chi connectivity index (χ0) is 18.4. The first kappa shape index (κ1) is 18.0. The van der Waals surface area contributed by atoms with Crippen molar-refractivity contribution in [2.75, 3.05) is 48.3 Å². The summed E-state index contributed by atoms with van der Waals surface area (Å²) in [5.41, 5.74) is 2.04. The molecule has 0 spiro atoms. The number of carbonyl (C=O) groups excluding carboxylic acids is 1. The first-order valence-corrected chi connectivity index (χ1v) is 9.17. The average molecular weight is 354 g/mol. The lowest BCUT2D eigenvalue weighted by atomic mass is 10.1. The highest BCUT2D eigenvalue weighted by Gasteiger charge is 2.22. The van der Waals surface area contributed by atoms with Gasteiger partial charge in [-0.15, -0.1) is 10.2 Å². The third-order valence-electron chi connectivity index (χ3n) is 4.54. The van der Waals surface area contributed by atoms with E-state index >= 15 is 0 Å². The largest absolute Gasteiger partial charge is 0.369 e. The Hall–Kier alpha value is -2.83. The maximum atomic E-state index is 12.6. The molecule has 2 heterocycles. The van der Waals surface area contributed by atoms with E-state index < -0.39 is 0 Å². The Balaban J connectivity index is 1.55. The SMILES string of the molecule is CCNc1ccc(N2CCN(C(=O)Nc3ccccc3CC)CC2)nn1. The van der Waals surface area contributed by atoms with Gasteiger partial charge in [0.05, 0.1) is 0 Å². The molecule has 1 aliphatic heterocycles. The molecule has 0 atom stereocenters. The molecule has 7 heteroatoms. The van der Waals surface area contributed by atoms with Gasteiger partial charge in [0.1, 0.15) is 5.82 Å². The van der Waals surface area contributed by atoms with Crippen LogP contribution in [0.3, 0.4) is 0 Å². The molecule has 1 aromatic carbocycles. The molecule has 0 radical (unpaired) electrons. The van der Waals surface area contributed by atoms with Crippen LogP contribution in [0.4, 0.5) is 22.1 Å². The minimum absolute atomic E-state index is 0.0425. The molecule has 1 fully saturated rings. The topological polar surface area (TPSA) is 73.4 Å². The molecule has 1 saturated heterocycles. The summed E-state index contributed by atoms with van der Waals surface area (Å²) in [6, 6.07) is 11.8. The number of urea groups is 1. The molecule has 0 bridgehead atoms. The van der Waals surface area contributed by atoms with Gasteiger partial charge in [-0.25, -0.2) is 4.79 Å². The van der Waals surface area contributed by atoms with Crippen LogP contribution in [0.5, 0.6) is 0 Å². The highest BCUT2D eigenvalue weighted by molar-refractivity contribution is 5.90. The average Bonchev–Trinajstić information content (AvgIpc) is 2.69. The van der Waals surface area contributed by atoms with Gasteiger partial charge in [-0.3, -0.25) is 0 Å². The third-order valence-corrected chi connectivity index (χ3v) is 4.54. The number of benzene rings is 1. The molecule has 1 aliphatic rings. The Morgan fingerprint density at radius 3 is 2.46 bits per heavy atom. The van der Waals surface area contributed by atoms with E-state index in [-0.39, 0.29) is 6.03 Å². The molecule has 0 aliphatic carbocycles. The van der Waals surface area contributed by atoms with Crippen LogP contribution < -0.4 is 15.5 Å². The molecule has 1 aromatic heterocycles. The van der Waals surface area contributed by atoms with Crippen molar-refractivity contribution in [3.8, 4) is 0 Å². The van der Waals surface area contributed by atoms with Gasteiger partial charge in [-0.05, 0) is 37.1 Å². The van der Waals surface area contributed by atoms with E-state index in [4.69, 9.17) is 0 Å². The molecule has 0 unspecified atom stereocenters. The Morgan fingerprint density at radius 2 is 1.81 bits per heavy atom. The smallest absolute Gasteiger partial charge is 0.321 e. The van der Waals surface area contributed by atoms with Crippen LogP contribution in [-0.4, -0.2) is 53.9 Å². The van der Waals surface area contributed by atoms with E-state index in [9.17, 15) is 4.79 Å². The van der Waals surface area contributed by atoms with Crippen molar-refractivity contribution in [3.63, 3.8) is 0 Å². The lowest BCUT2D eigenvalue weighted by molar-refractivity contribution is 0.208. The number of rotatable bonds is 5. The Morgan fingerprint density at radius 1 is 1.04 bits per heavy atom. The van der Waals surface area contributed by atoms with E-state index in [1.807, 2.05) is 48.2 Å². The predicted octanol–water partition coefficient (Wildman–Crippen LogP) is 2.82. The fraction of sp³-hybridized carbons (Fsp3) is 0.421. The van der Waals surface area contributed by atoms with Crippen molar-refractivity contribution in [2.45, 2.75) is 20.3 Å². The second-order valence-electron chi connectivity index (χ2n) is 6.22. The van der Waals surface area contributed by atoms with Crippen LogP contribution in [0.15, 0.2) is 36.4 Å². The summed E-state index contributed by atoms with van der Waals surface area (Å²) in [7, 11) is 0. The number of nitrogens with one attached hydrogen (secondary N) is 2. The van der Waals surface area contributed by atoms with Crippen molar-refractivity contribution >= 4 is 23.4 Å². The lowest BCUT2D eigenvalue weighted by Crippen LogP contribution is -2.50. The summed E-state index contributed by atoms with van der Waals surface area (Å²) < 4.78 is 0. The van der Waals surface area contributed by atoms with Crippen molar-refractivity contribution < 1.29 is 4.79 Å². The summed E-state index contributed by atoms with van der Waals surface area (Å²) >= 11 is 0. The summed E-state index contributed by atoms with van der Waals surface area (Å²) in [6.07, 6.45) is 0.895. The summed E-state index contributed by atoms with van der Waals surface area (Å²) in [6.45, 7) is 7.76. The second-order valence-corrected chi connectivity index (χ2v) is 6.22. The fourth-order valence-electron chi connectivity index (χ4n) is 3.05. The normalized spacial score (nSPS) is 14.2. The van der Waals surface area contributed by atoms with Gasteiger partial charge in [0, 0.05) is 38.4 Å². The number of amides is 2. The molecule has 3 rings (SSSR count). The van der Waals surface area contributed by atoms with Gasteiger partial charge < -0.3 is 20.4 Å². The molecular formula is C19H26N6O. The molecule has 2 N–H and O–H groups in total. The summed E-state index contributed by atoms with van der Waals surface area (Å²) in [5, 5.41) is 14.6. The first-order chi connectivity index (χ1) is 12.7. The van der Waals surface area contributed by atoms with Gasteiger partial charge in [0.2, 0.25) is 0 Å². The number of carbonyl (C=O) groups is 1. The zero-order valence-electron chi connectivity index (χ0n) is 15.4. The van der Waals surface area contributed by atoms with Gasteiger partial charge >= 0.3 is 6.03 Å². The quantitative estimate of drug-likeness (QED) is 0.864. The van der Waals surface area contributed by atoms with Crippen molar-refractivity contribution in [1.29, 1.82) is 0 Å². The highest BCUT2D eigenvalue weighted by atomic mass is 16.2. The van der Waals surface area contributed by atoms with Crippen molar-refractivity contribution in [1.82, 2.24) is 15.1 Å². The molecule has 2 amide bonds. The molecule has 26 heavy (non-hydrogen) atoms. The standard InChI is InChI=1S/C19H26N6O/c1-3-15-7-5-6-8-16(15)21-19(26)25-13-11-24(12-14-25)18-10-9-17(20-4-2)22-23-18/h5-10H,3-4,11-14H2,1-2H3,(H,20,22)(H,21,26). The zero-order valence-corrected chi connectivity index (χ0v) is 15.4. The molecule has 0 saturated carbocycles.